The standard InChI is InChI=1S/C24H31N3O2/c1-23(2)11-10-20-18(14-24(3,4)13-12-23)21-19(15-25-20)22(28)27(26-21)16-6-8-17(29-5)9-7-16/h6-9,15,26H,10-14H2,1-5H3. The Morgan fingerprint density at radius 3 is 2.41 bits per heavy atom. The van der Waals surface area contributed by atoms with Crippen LogP contribution in [0.2, 0.25) is 0 Å². The van der Waals surface area contributed by atoms with Crippen LogP contribution in [0.25, 0.3) is 16.6 Å². The Bertz CT molecular complexity index is 1090. The molecule has 0 fully saturated rings. The molecule has 0 saturated heterocycles. The number of pyridine rings is 1. The van der Waals surface area contributed by atoms with Crippen molar-refractivity contribution in [2.45, 2.75) is 59.8 Å². The van der Waals surface area contributed by atoms with E-state index in [-0.39, 0.29) is 11.0 Å². The first-order valence-corrected chi connectivity index (χ1v) is 10.5. The fourth-order valence-electron chi connectivity index (χ4n) is 4.31. The van der Waals surface area contributed by atoms with E-state index >= 15 is 0 Å². The van der Waals surface area contributed by atoms with E-state index in [0.29, 0.717) is 10.8 Å². The molecule has 1 aliphatic carbocycles. The van der Waals surface area contributed by atoms with Crippen LogP contribution >= 0.6 is 0 Å². The second-order valence-corrected chi connectivity index (χ2v) is 9.93. The smallest absolute Gasteiger partial charge is 0.280 e. The summed E-state index contributed by atoms with van der Waals surface area (Å²) in [6.07, 6.45) is 7.11. The number of aromatic nitrogens is 3. The molecule has 0 radical (unpaired) electrons. The van der Waals surface area contributed by atoms with E-state index in [0.717, 1.165) is 41.9 Å². The molecular formula is C24H31N3O2. The highest BCUT2D eigenvalue weighted by molar-refractivity contribution is 5.81. The molecule has 0 bridgehead atoms. The zero-order valence-electron chi connectivity index (χ0n) is 18.1. The van der Waals surface area contributed by atoms with Crippen LogP contribution in [0.4, 0.5) is 0 Å². The van der Waals surface area contributed by atoms with E-state index in [2.05, 4.69) is 32.8 Å². The van der Waals surface area contributed by atoms with Gasteiger partial charge in [0.15, 0.2) is 0 Å². The monoisotopic (exact) mass is 393 g/mol. The number of rotatable bonds is 2. The highest BCUT2D eigenvalue weighted by Gasteiger charge is 2.30. The lowest BCUT2D eigenvalue weighted by Crippen LogP contribution is -2.19. The first-order chi connectivity index (χ1) is 13.7. The quantitative estimate of drug-likeness (QED) is 0.663. The maximum Gasteiger partial charge on any atom is 0.280 e. The molecule has 0 spiro atoms. The van der Waals surface area contributed by atoms with Gasteiger partial charge >= 0.3 is 0 Å². The second-order valence-electron chi connectivity index (χ2n) is 9.93. The van der Waals surface area contributed by atoms with Crippen LogP contribution in [0.1, 0.15) is 58.2 Å². The van der Waals surface area contributed by atoms with Crippen molar-refractivity contribution < 1.29 is 4.74 Å². The molecule has 1 aliphatic rings. The van der Waals surface area contributed by atoms with Crippen LogP contribution in [0, 0.1) is 10.8 Å². The van der Waals surface area contributed by atoms with Gasteiger partial charge in [-0.05, 0) is 72.8 Å². The molecule has 0 saturated carbocycles. The topological polar surface area (TPSA) is 59.9 Å². The van der Waals surface area contributed by atoms with Crippen LogP contribution in [-0.4, -0.2) is 21.9 Å². The van der Waals surface area contributed by atoms with Gasteiger partial charge < -0.3 is 4.74 Å². The van der Waals surface area contributed by atoms with Gasteiger partial charge in [0.1, 0.15) is 5.75 Å². The minimum absolute atomic E-state index is 0.0570. The van der Waals surface area contributed by atoms with Gasteiger partial charge in [-0.3, -0.25) is 14.9 Å². The van der Waals surface area contributed by atoms with Crippen molar-refractivity contribution in [2.24, 2.45) is 10.8 Å². The molecule has 0 atom stereocenters. The molecule has 5 heteroatoms. The number of hydrogen-bond donors (Lipinski definition) is 1. The van der Waals surface area contributed by atoms with Crippen molar-refractivity contribution in [2.75, 3.05) is 7.11 Å². The van der Waals surface area contributed by atoms with Crippen molar-refractivity contribution in [1.29, 1.82) is 0 Å². The Morgan fingerprint density at radius 1 is 1.03 bits per heavy atom. The van der Waals surface area contributed by atoms with Gasteiger partial charge in [-0.15, -0.1) is 0 Å². The second kappa shape index (κ2) is 7.05. The summed E-state index contributed by atoms with van der Waals surface area (Å²) in [5.41, 5.74) is 4.47. The summed E-state index contributed by atoms with van der Waals surface area (Å²) in [5, 5.41) is 4.06. The normalized spacial score (nSPS) is 18.5. The summed E-state index contributed by atoms with van der Waals surface area (Å²) in [4.78, 5) is 17.9. The van der Waals surface area contributed by atoms with Crippen molar-refractivity contribution in [3.8, 4) is 11.4 Å². The number of aromatic amines is 1. The van der Waals surface area contributed by atoms with Crippen molar-refractivity contribution in [3.05, 3.63) is 52.1 Å². The molecule has 2 aromatic heterocycles. The third kappa shape index (κ3) is 3.83. The molecule has 1 aromatic carbocycles. The number of benzene rings is 1. The fraction of sp³-hybridized carbons (Fsp3) is 0.500. The number of fused-ring (bicyclic) bond motifs is 3. The number of H-pyrrole nitrogens is 1. The van der Waals surface area contributed by atoms with Crippen molar-refractivity contribution >= 4 is 10.9 Å². The van der Waals surface area contributed by atoms with Crippen LogP contribution in [0.15, 0.2) is 35.3 Å². The maximum absolute atomic E-state index is 13.1. The van der Waals surface area contributed by atoms with Crippen LogP contribution in [0.3, 0.4) is 0 Å². The Hall–Kier alpha value is -2.56. The van der Waals surface area contributed by atoms with E-state index in [1.54, 1.807) is 18.0 Å². The first kappa shape index (κ1) is 19.7. The number of methoxy groups -OCH3 is 1. The van der Waals surface area contributed by atoms with E-state index in [4.69, 9.17) is 9.72 Å². The van der Waals surface area contributed by atoms with Gasteiger partial charge in [-0.2, -0.15) is 0 Å². The Morgan fingerprint density at radius 2 is 1.72 bits per heavy atom. The molecule has 2 heterocycles. The number of aryl methyl sites for hydroxylation is 1. The van der Waals surface area contributed by atoms with Gasteiger partial charge in [0.05, 0.1) is 23.7 Å². The zero-order chi connectivity index (χ0) is 20.8. The van der Waals surface area contributed by atoms with Crippen LogP contribution in [0.5, 0.6) is 5.75 Å². The molecule has 0 aliphatic heterocycles. The van der Waals surface area contributed by atoms with Crippen LogP contribution < -0.4 is 10.3 Å². The highest BCUT2D eigenvalue weighted by atomic mass is 16.5. The highest BCUT2D eigenvalue weighted by Crippen LogP contribution is 2.39. The SMILES string of the molecule is COc1ccc(-n2[nH]c3c4c(ncc3c2=O)CCC(C)(C)CCC(C)(C)C4)cc1. The molecule has 0 amide bonds. The summed E-state index contributed by atoms with van der Waals surface area (Å²) < 4.78 is 6.86. The van der Waals surface area contributed by atoms with Gasteiger partial charge in [-0.25, -0.2) is 4.68 Å². The fourth-order valence-corrected chi connectivity index (χ4v) is 4.31. The lowest BCUT2D eigenvalue weighted by molar-refractivity contribution is 0.232. The molecule has 5 nitrogen and oxygen atoms in total. The minimum atomic E-state index is -0.0570. The van der Waals surface area contributed by atoms with E-state index in [9.17, 15) is 4.79 Å². The first-order valence-electron chi connectivity index (χ1n) is 10.5. The average Bonchev–Trinajstić information content (AvgIpc) is 3.04. The molecular weight excluding hydrogens is 362 g/mol. The van der Waals surface area contributed by atoms with E-state index in [1.807, 2.05) is 24.3 Å². The van der Waals surface area contributed by atoms with E-state index in [1.165, 1.54) is 18.4 Å². The lowest BCUT2D eigenvalue weighted by atomic mass is 9.76. The number of hydrogen-bond acceptors (Lipinski definition) is 3. The average molecular weight is 394 g/mol. The number of ether oxygens (including phenoxy) is 1. The Kier molecular flexibility index (Phi) is 4.80. The van der Waals surface area contributed by atoms with Crippen molar-refractivity contribution in [1.82, 2.24) is 14.8 Å². The predicted octanol–water partition coefficient (Wildman–Crippen LogP) is 5.04. The van der Waals surface area contributed by atoms with Gasteiger partial charge in [0, 0.05) is 11.9 Å². The van der Waals surface area contributed by atoms with Gasteiger partial charge in [0.25, 0.3) is 5.56 Å². The Labute approximate surface area is 172 Å². The lowest BCUT2D eigenvalue weighted by Gasteiger charge is -2.29. The summed E-state index contributed by atoms with van der Waals surface area (Å²) in [5.74, 6) is 0.769. The molecule has 29 heavy (non-hydrogen) atoms. The summed E-state index contributed by atoms with van der Waals surface area (Å²) >= 11 is 0. The zero-order valence-corrected chi connectivity index (χ0v) is 18.1. The van der Waals surface area contributed by atoms with E-state index < -0.39 is 0 Å². The summed E-state index contributed by atoms with van der Waals surface area (Å²) in [6.45, 7) is 9.37. The Balaban J connectivity index is 1.87. The molecule has 154 valence electrons. The minimum Gasteiger partial charge on any atom is -0.497 e. The van der Waals surface area contributed by atoms with Crippen LogP contribution in [-0.2, 0) is 12.8 Å². The third-order valence-corrected chi connectivity index (χ3v) is 6.43. The number of nitrogens with zero attached hydrogens (tertiary/aromatic N) is 2. The summed E-state index contributed by atoms with van der Waals surface area (Å²) in [6, 6.07) is 7.52. The number of nitrogens with one attached hydrogen (secondary N) is 1. The largest absolute Gasteiger partial charge is 0.497 e. The van der Waals surface area contributed by atoms with Gasteiger partial charge in [-0.1, -0.05) is 27.7 Å². The molecule has 1 N–H and O–H groups in total. The molecule has 0 unspecified atom stereocenters. The molecule has 3 aromatic rings. The molecule has 4 rings (SSSR count). The maximum atomic E-state index is 13.1. The summed E-state index contributed by atoms with van der Waals surface area (Å²) in [7, 11) is 1.64. The van der Waals surface area contributed by atoms with Crippen molar-refractivity contribution in [3.63, 3.8) is 0 Å². The third-order valence-electron chi connectivity index (χ3n) is 6.43. The predicted molar refractivity (Wildman–Crippen MR) is 117 cm³/mol. The van der Waals surface area contributed by atoms with Gasteiger partial charge in [0.2, 0.25) is 0 Å².